The molecule has 2 aromatic carbocycles. The maximum atomic E-state index is 13.1. The maximum absolute atomic E-state index is 13.1. The molecule has 2 aliphatic heterocycles. The minimum atomic E-state index is -1.25. The number of nitrogens with one attached hydrogen (secondary N) is 1. The van der Waals surface area contributed by atoms with Gasteiger partial charge in [-0.15, -0.1) is 0 Å². The molecule has 0 spiro atoms. The second kappa shape index (κ2) is 8.41. The van der Waals surface area contributed by atoms with Crippen LogP contribution in [0.4, 0.5) is 4.79 Å². The first-order valence-electron chi connectivity index (χ1n) is 10.2. The van der Waals surface area contributed by atoms with Gasteiger partial charge in [0.25, 0.3) is 5.91 Å². The predicted molar refractivity (Wildman–Crippen MR) is 114 cm³/mol. The second-order valence-corrected chi connectivity index (χ2v) is 7.90. The summed E-state index contributed by atoms with van der Waals surface area (Å²) in [7, 11) is 3.17. The Morgan fingerprint density at radius 2 is 1.81 bits per heavy atom. The van der Waals surface area contributed by atoms with Crippen LogP contribution in [-0.2, 0) is 21.7 Å². The van der Waals surface area contributed by atoms with Gasteiger partial charge in [-0.3, -0.25) is 14.5 Å². The Morgan fingerprint density at radius 1 is 1.12 bits per heavy atom. The van der Waals surface area contributed by atoms with Crippen molar-refractivity contribution in [2.45, 2.75) is 19.0 Å². The Kier molecular flexibility index (Phi) is 5.65. The van der Waals surface area contributed by atoms with Crippen molar-refractivity contribution >= 4 is 17.8 Å². The average Bonchev–Trinajstić information content (AvgIpc) is 3.02. The van der Waals surface area contributed by atoms with E-state index in [1.807, 2.05) is 12.1 Å². The molecule has 0 aliphatic carbocycles. The molecule has 0 radical (unpaired) electrons. The van der Waals surface area contributed by atoms with E-state index < -0.39 is 17.5 Å². The van der Waals surface area contributed by atoms with Gasteiger partial charge in [-0.2, -0.15) is 0 Å². The van der Waals surface area contributed by atoms with Crippen molar-refractivity contribution in [2.24, 2.45) is 0 Å². The molecule has 1 saturated heterocycles. The van der Waals surface area contributed by atoms with Gasteiger partial charge in [0.1, 0.15) is 31.0 Å². The van der Waals surface area contributed by atoms with Crippen LogP contribution in [0.1, 0.15) is 18.1 Å². The molecular weight excluding hydrogens is 414 g/mol. The molecule has 168 valence electrons. The lowest BCUT2D eigenvalue weighted by Gasteiger charge is -2.24. The number of imide groups is 1. The number of urea groups is 1. The minimum absolute atomic E-state index is 0.300. The molecule has 2 heterocycles. The average molecular weight is 439 g/mol. The highest BCUT2D eigenvalue weighted by molar-refractivity contribution is 6.09. The summed E-state index contributed by atoms with van der Waals surface area (Å²) < 4.78 is 16.2. The highest BCUT2D eigenvalue weighted by atomic mass is 16.6. The van der Waals surface area contributed by atoms with Crippen LogP contribution in [0.5, 0.6) is 17.2 Å². The number of hydrogen-bond acceptors (Lipinski definition) is 6. The molecule has 0 saturated carbocycles. The summed E-state index contributed by atoms with van der Waals surface area (Å²) in [6.07, 6.45) is 0. The van der Waals surface area contributed by atoms with Gasteiger partial charge >= 0.3 is 6.03 Å². The van der Waals surface area contributed by atoms with Crippen LogP contribution in [-0.4, -0.2) is 61.6 Å². The fourth-order valence-electron chi connectivity index (χ4n) is 3.76. The molecule has 1 unspecified atom stereocenters. The Morgan fingerprint density at radius 3 is 2.50 bits per heavy atom. The summed E-state index contributed by atoms with van der Waals surface area (Å²) in [6, 6.07) is 11.8. The molecule has 9 nitrogen and oxygen atoms in total. The van der Waals surface area contributed by atoms with Crippen molar-refractivity contribution in [3.8, 4) is 17.2 Å². The molecular formula is C23H25N3O6. The van der Waals surface area contributed by atoms with Crippen molar-refractivity contribution in [1.29, 1.82) is 0 Å². The van der Waals surface area contributed by atoms with E-state index in [1.54, 1.807) is 51.4 Å². The summed E-state index contributed by atoms with van der Waals surface area (Å²) in [6.45, 7) is 2.56. The van der Waals surface area contributed by atoms with Crippen LogP contribution < -0.4 is 19.5 Å². The summed E-state index contributed by atoms with van der Waals surface area (Å²) in [5, 5.41) is 2.71. The molecule has 9 heteroatoms. The standard InChI is InChI=1S/C23H25N3O6/c1-23(16-5-7-17(30-3)8-6-16)21(28)26(22(29)24-23)14-20(27)25(2)13-15-4-9-18-19(12-15)32-11-10-31-18/h4-9,12H,10-11,13-14H2,1-3H3,(H,24,29). The zero-order valence-electron chi connectivity index (χ0n) is 18.2. The zero-order chi connectivity index (χ0) is 22.9. The molecule has 4 rings (SSSR count). The van der Waals surface area contributed by atoms with Gasteiger partial charge < -0.3 is 24.4 Å². The maximum Gasteiger partial charge on any atom is 0.325 e. The van der Waals surface area contributed by atoms with Crippen molar-refractivity contribution < 1.29 is 28.6 Å². The lowest BCUT2D eigenvalue weighted by atomic mass is 9.92. The second-order valence-electron chi connectivity index (χ2n) is 7.90. The Hall–Kier alpha value is -3.75. The minimum Gasteiger partial charge on any atom is -0.497 e. The molecule has 32 heavy (non-hydrogen) atoms. The molecule has 4 amide bonds. The SMILES string of the molecule is COc1ccc(C2(C)NC(=O)N(CC(=O)N(C)Cc3ccc4c(c3)OCCO4)C2=O)cc1. The lowest BCUT2D eigenvalue weighted by molar-refractivity contribution is -0.138. The molecule has 0 bridgehead atoms. The number of hydrogen-bond donors (Lipinski definition) is 1. The van der Waals surface area contributed by atoms with E-state index >= 15 is 0 Å². The van der Waals surface area contributed by atoms with Crippen molar-refractivity contribution in [3.63, 3.8) is 0 Å². The van der Waals surface area contributed by atoms with Crippen LogP contribution in [0.25, 0.3) is 0 Å². The largest absolute Gasteiger partial charge is 0.497 e. The highest BCUT2D eigenvalue weighted by Crippen LogP contribution is 2.32. The van der Waals surface area contributed by atoms with Crippen LogP contribution in [0.3, 0.4) is 0 Å². The number of likely N-dealkylation sites (N-methyl/N-ethyl adjacent to an activating group) is 1. The number of carbonyl (C=O) groups excluding carboxylic acids is 3. The third kappa shape index (κ3) is 3.93. The molecule has 1 atom stereocenters. The van der Waals surface area contributed by atoms with E-state index in [0.717, 1.165) is 10.5 Å². The van der Waals surface area contributed by atoms with Crippen molar-refractivity contribution in [1.82, 2.24) is 15.1 Å². The topological polar surface area (TPSA) is 97.4 Å². The van der Waals surface area contributed by atoms with E-state index in [-0.39, 0.29) is 12.5 Å². The Balaban J connectivity index is 1.43. The number of amides is 4. The number of ether oxygens (including phenoxy) is 3. The number of carbonyl (C=O) groups is 3. The van der Waals surface area contributed by atoms with Gasteiger partial charge in [0.15, 0.2) is 11.5 Å². The number of nitrogens with zero attached hydrogens (tertiary/aromatic N) is 2. The monoisotopic (exact) mass is 439 g/mol. The van der Waals surface area contributed by atoms with Crippen LogP contribution in [0.2, 0.25) is 0 Å². The normalized spacial score (nSPS) is 19.5. The molecule has 0 aromatic heterocycles. The Bertz CT molecular complexity index is 1050. The lowest BCUT2D eigenvalue weighted by Crippen LogP contribution is -2.43. The molecule has 1 fully saturated rings. The summed E-state index contributed by atoms with van der Waals surface area (Å²) in [5.74, 6) is 1.11. The predicted octanol–water partition coefficient (Wildman–Crippen LogP) is 1.89. The van der Waals surface area contributed by atoms with Gasteiger partial charge in [-0.05, 0) is 42.3 Å². The molecule has 1 N–H and O–H groups in total. The molecule has 2 aromatic rings. The quantitative estimate of drug-likeness (QED) is 0.691. The van der Waals surface area contributed by atoms with Gasteiger partial charge in [0, 0.05) is 13.6 Å². The van der Waals surface area contributed by atoms with Crippen molar-refractivity contribution in [3.05, 3.63) is 53.6 Å². The zero-order valence-corrected chi connectivity index (χ0v) is 18.2. The third-order valence-corrected chi connectivity index (χ3v) is 5.69. The number of rotatable bonds is 6. The number of fused-ring (bicyclic) bond motifs is 1. The van der Waals surface area contributed by atoms with Crippen LogP contribution in [0, 0.1) is 0 Å². The Labute approximate surface area is 185 Å². The van der Waals surface area contributed by atoms with E-state index in [0.29, 0.717) is 42.6 Å². The number of methoxy groups -OCH3 is 1. The fraction of sp³-hybridized carbons (Fsp3) is 0.348. The van der Waals surface area contributed by atoms with Gasteiger partial charge in [-0.1, -0.05) is 18.2 Å². The fourth-order valence-corrected chi connectivity index (χ4v) is 3.76. The van der Waals surface area contributed by atoms with Crippen LogP contribution >= 0.6 is 0 Å². The third-order valence-electron chi connectivity index (χ3n) is 5.69. The van der Waals surface area contributed by atoms with Crippen molar-refractivity contribution in [2.75, 3.05) is 33.9 Å². The number of benzene rings is 2. The first-order chi connectivity index (χ1) is 15.3. The van der Waals surface area contributed by atoms with E-state index in [9.17, 15) is 14.4 Å². The van der Waals surface area contributed by atoms with E-state index in [1.165, 1.54) is 4.90 Å². The summed E-state index contributed by atoms with van der Waals surface area (Å²) >= 11 is 0. The first-order valence-corrected chi connectivity index (χ1v) is 10.2. The van der Waals surface area contributed by atoms with E-state index in [4.69, 9.17) is 14.2 Å². The summed E-state index contributed by atoms with van der Waals surface area (Å²) in [5.41, 5.74) is 0.208. The van der Waals surface area contributed by atoms with Gasteiger partial charge in [0.2, 0.25) is 5.91 Å². The van der Waals surface area contributed by atoms with E-state index in [2.05, 4.69) is 5.32 Å². The highest BCUT2D eigenvalue weighted by Gasteiger charge is 2.49. The first kappa shape index (κ1) is 21.5. The smallest absolute Gasteiger partial charge is 0.325 e. The van der Waals surface area contributed by atoms with Crippen LogP contribution in [0.15, 0.2) is 42.5 Å². The molecule has 2 aliphatic rings. The van der Waals surface area contributed by atoms with Gasteiger partial charge in [0.05, 0.1) is 7.11 Å². The van der Waals surface area contributed by atoms with Gasteiger partial charge in [-0.25, -0.2) is 4.79 Å². The summed E-state index contributed by atoms with van der Waals surface area (Å²) in [4.78, 5) is 40.8.